The van der Waals surface area contributed by atoms with Crippen LogP contribution in [0.5, 0.6) is 5.88 Å². The van der Waals surface area contributed by atoms with Gasteiger partial charge < -0.3 is 10.1 Å². The number of anilines is 1. The van der Waals surface area contributed by atoms with E-state index in [1.165, 1.54) is 0 Å². The van der Waals surface area contributed by atoms with Crippen LogP contribution in [0.2, 0.25) is 0 Å². The van der Waals surface area contributed by atoms with E-state index < -0.39 is 0 Å². The molecule has 4 heteroatoms. The highest BCUT2D eigenvalue weighted by atomic mass is 16.5. The minimum absolute atomic E-state index is 0.148. The molecule has 0 amide bonds. The van der Waals surface area contributed by atoms with Crippen LogP contribution in [0.1, 0.15) is 53.3 Å². The van der Waals surface area contributed by atoms with Crippen LogP contribution in [0.15, 0.2) is 6.07 Å². The first-order chi connectivity index (χ1) is 8.43. The summed E-state index contributed by atoms with van der Waals surface area (Å²) in [6, 6.07) is 1.87. The number of nitrogens with zero attached hydrogens (tertiary/aromatic N) is 2. The van der Waals surface area contributed by atoms with Gasteiger partial charge in [0.15, 0.2) is 0 Å². The lowest BCUT2D eigenvalue weighted by molar-refractivity contribution is 0.162. The molecule has 1 aromatic rings. The molecular weight excluding hydrogens is 226 g/mol. The van der Waals surface area contributed by atoms with Crippen molar-refractivity contribution in [3.8, 4) is 5.88 Å². The lowest BCUT2D eigenvalue weighted by Gasteiger charge is -2.18. The molecule has 0 bridgehead atoms. The lowest BCUT2D eigenvalue weighted by Crippen LogP contribution is -2.20. The lowest BCUT2D eigenvalue weighted by atomic mass is 10.1. The van der Waals surface area contributed by atoms with E-state index in [-0.39, 0.29) is 6.10 Å². The van der Waals surface area contributed by atoms with Crippen molar-refractivity contribution in [1.82, 2.24) is 9.97 Å². The second-order valence-corrected chi connectivity index (χ2v) is 5.20. The molecule has 0 radical (unpaired) electrons. The van der Waals surface area contributed by atoms with E-state index in [0.717, 1.165) is 18.2 Å². The molecule has 1 N–H and O–H groups in total. The summed E-state index contributed by atoms with van der Waals surface area (Å²) < 4.78 is 5.86. The number of aromatic nitrogens is 2. The molecule has 4 nitrogen and oxygen atoms in total. The molecule has 18 heavy (non-hydrogen) atoms. The number of hydrogen-bond acceptors (Lipinski definition) is 4. The molecule has 0 saturated carbocycles. The number of rotatable bonds is 6. The van der Waals surface area contributed by atoms with Gasteiger partial charge in [0.2, 0.25) is 5.88 Å². The molecular formula is C14H25N3O. The predicted molar refractivity (Wildman–Crippen MR) is 75.2 cm³/mol. The van der Waals surface area contributed by atoms with Crippen LogP contribution in [-0.2, 0) is 0 Å². The zero-order valence-electron chi connectivity index (χ0n) is 12.3. The van der Waals surface area contributed by atoms with Crippen molar-refractivity contribution in [2.75, 3.05) is 11.9 Å². The third-order valence-electron chi connectivity index (χ3n) is 2.84. The summed E-state index contributed by atoms with van der Waals surface area (Å²) in [5.74, 6) is 3.07. The van der Waals surface area contributed by atoms with Crippen LogP contribution >= 0.6 is 0 Å². The predicted octanol–water partition coefficient (Wildman–Crippen LogP) is 3.46. The highest BCUT2D eigenvalue weighted by molar-refractivity contribution is 5.38. The minimum atomic E-state index is 0.148. The molecule has 1 unspecified atom stereocenters. The van der Waals surface area contributed by atoms with Crippen LogP contribution in [-0.4, -0.2) is 22.6 Å². The van der Waals surface area contributed by atoms with Crippen LogP contribution in [0, 0.1) is 5.92 Å². The Hall–Kier alpha value is -1.32. The van der Waals surface area contributed by atoms with Crippen molar-refractivity contribution >= 4 is 5.82 Å². The number of hydrogen-bond donors (Lipinski definition) is 1. The molecule has 102 valence electrons. The van der Waals surface area contributed by atoms with Gasteiger partial charge in [0, 0.05) is 18.5 Å². The van der Waals surface area contributed by atoms with E-state index in [0.29, 0.717) is 17.7 Å². The van der Waals surface area contributed by atoms with Gasteiger partial charge >= 0.3 is 0 Å². The Balaban J connectivity index is 2.95. The van der Waals surface area contributed by atoms with E-state index in [1.54, 1.807) is 0 Å². The van der Waals surface area contributed by atoms with E-state index in [1.807, 2.05) is 6.07 Å². The van der Waals surface area contributed by atoms with Crippen molar-refractivity contribution in [3.63, 3.8) is 0 Å². The average Bonchev–Trinajstić information content (AvgIpc) is 2.28. The molecule has 0 aliphatic carbocycles. The maximum absolute atomic E-state index is 5.86. The smallest absolute Gasteiger partial charge is 0.219 e. The zero-order valence-corrected chi connectivity index (χ0v) is 12.3. The minimum Gasteiger partial charge on any atom is -0.474 e. The van der Waals surface area contributed by atoms with Gasteiger partial charge in [0.1, 0.15) is 11.6 Å². The zero-order chi connectivity index (χ0) is 13.7. The maximum atomic E-state index is 5.86. The molecule has 1 rings (SSSR count). The average molecular weight is 251 g/mol. The van der Waals surface area contributed by atoms with E-state index in [2.05, 4.69) is 56.8 Å². The molecule has 1 atom stereocenters. The second kappa shape index (κ2) is 6.57. The standard InChI is InChI=1S/C14H25N3O/c1-7-15-12-8-13(18-11(6)9(2)3)17-14(16-12)10(4)5/h8-11H,7H2,1-6H3,(H,15,16,17). The highest BCUT2D eigenvalue weighted by Gasteiger charge is 2.13. The van der Waals surface area contributed by atoms with Crippen molar-refractivity contribution in [1.29, 1.82) is 0 Å². The Morgan fingerprint density at radius 2 is 1.83 bits per heavy atom. The summed E-state index contributed by atoms with van der Waals surface area (Å²) in [6.07, 6.45) is 0.148. The normalized spacial score (nSPS) is 12.9. The van der Waals surface area contributed by atoms with Crippen LogP contribution < -0.4 is 10.1 Å². The van der Waals surface area contributed by atoms with Gasteiger partial charge in [0.05, 0.1) is 6.10 Å². The van der Waals surface area contributed by atoms with Crippen LogP contribution in [0.4, 0.5) is 5.82 Å². The molecule has 1 aromatic heterocycles. The highest BCUT2D eigenvalue weighted by Crippen LogP contribution is 2.20. The molecule has 0 saturated heterocycles. The van der Waals surface area contributed by atoms with Gasteiger partial charge in [-0.1, -0.05) is 27.7 Å². The Morgan fingerprint density at radius 3 is 2.33 bits per heavy atom. The maximum Gasteiger partial charge on any atom is 0.219 e. The molecule has 0 aliphatic rings. The third-order valence-corrected chi connectivity index (χ3v) is 2.84. The summed E-state index contributed by atoms with van der Waals surface area (Å²) in [5.41, 5.74) is 0. The molecule has 0 spiro atoms. The van der Waals surface area contributed by atoms with E-state index >= 15 is 0 Å². The largest absolute Gasteiger partial charge is 0.474 e. The van der Waals surface area contributed by atoms with Crippen LogP contribution in [0.25, 0.3) is 0 Å². The van der Waals surface area contributed by atoms with E-state index in [9.17, 15) is 0 Å². The first-order valence-corrected chi connectivity index (χ1v) is 6.73. The Morgan fingerprint density at radius 1 is 1.17 bits per heavy atom. The summed E-state index contributed by atoms with van der Waals surface area (Å²) in [7, 11) is 0. The molecule has 0 fully saturated rings. The SMILES string of the molecule is CCNc1cc(OC(C)C(C)C)nc(C(C)C)n1. The monoisotopic (exact) mass is 251 g/mol. The van der Waals surface area contributed by atoms with Gasteiger partial charge in [-0.2, -0.15) is 4.98 Å². The van der Waals surface area contributed by atoms with Crippen molar-refractivity contribution in [3.05, 3.63) is 11.9 Å². The summed E-state index contributed by atoms with van der Waals surface area (Å²) in [5, 5.41) is 3.21. The Bertz CT molecular complexity index is 377. The number of ether oxygens (including phenoxy) is 1. The molecule has 0 aromatic carbocycles. The fourth-order valence-corrected chi connectivity index (χ4v) is 1.36. The fourth-order valence-electron chi connectivity index (χ4n) is 1.36. The van der Waals surface area contributed by atoms with Gasteiger partial charge in [-0.25, -0.2) is 4.98 Å². The second-order valence-electron chi connectivity index (χ2n) is 5.20. The first kappa shape index (κ1) is 14.7. The van der Waals surface area contributed by atoms with E-state index in [4.69, 9.17) is 4.74 Å². The first-order valence-electron chi connectivity index (χ1n) is 6.73. The summed E-state index contributed by atoms with van der Waals surface area (Å²) >= 11 is 0. The van der Waals surface area contributed by atoms with Crippen molar-refractivity contribution in [2.24, 2.45) is 5.92 Å². The Kier molecular flexibility index (Phi) is 5.38. The summed E-state index contributed by atoms with van der Waals surface area (Å²) in [6.45, 7) is 13.4. The summed E-state index contributed by atoms with van der Waals surface area (Å²) in [4.78, 5) is 8.94. The molecule has 1 heterocycles. The Labute approximate surface area is 110 Å². The number of nitrogens with one attached hydrogen (secondary N) is 1. The van der Waals surface area contributed by atoms with Gasteiger partial charge in [0.25, 0.3) is 0 Å². The van der Waals surface area contributed by atoms with Gasteiger partial charge in [-0.3, -0.25) is 0 Å². The van der Waals surface area contributed by atoms with Gasteiger partial charge in [-0.05, 0) is 19.8 Å². The molecule has 0 aliphatic heterocycles. The van der Waals surface area contributed by atoms with Gasteiger partial charge in [-0.15, -0.1) is 0 Å². The van der Waals surface area contributed by atoms with Crippen LogP contribution in [0.3, 0.4) is 0 Å². The van der Waals surface area contributed by atoms with Crippen molar-refractivity contribution in [2.45, 2.75) is 53.6 Å². The van der Waals surface area contributed by atoms with Crippen molar-refractivity contribution < 1.29 is 4.74 Å². The quantitative estimate of drug-likeness (QED) is 0.841. The third kappa shape index (κ3) is 4.17. The fraction of sp³-hybridized carbons (Fsp3) is 0.714. The topological polar surface area (TPSA) is 47.0 Å².